The minimum Gasteiger partial charge on any atom is -0.492 e. The largest absolute Gasteiger partial charge is 0.492 e. The normalized spacial score (nSPS) is 12.1. The van der Waals surface area contributed by atoms with E-state index < -0.39 is 27.9 Å². The van der Waals surface area contributed by atoms with Crippen LogP contribution in [0.5, 0.6) is 5.75 Å². The van der Waals surface area contributed by atoms with Gasteiger partial charge in [0, 0.05) is 0 Å². The van der Waals surface area contributed by atoms with Crippen LogP contribution in [0.25, 0.3) is 0 Å². The number of halogens is 1. The van der Waals surface area contributed by atoms with E-state index >= 15 is 0 Å². The number of rotatable bonds is 8. The molecule has 0 spiro atoms. The number of hydrogen-bond acceptors (Lipinski definition) is 6. The van der Waals surface area contributed by atoms with E-state index in [-0.39, 0.29) is 21.2 Å². The average Bonchev–Trinajstić information content (AvgIpc) is 2.69. The second-order valence-corrected chi connectivity index (χ2v) is 8.02. The van der Waals surface area contributed by atoms with Gasteiger partial charge in [0.1, 0.15) is 5.75 Å². The molecule has 8 nitrogen and oxygen atoms in total. The lowest BCUT2D eigenvalue weighted by atomic mass is 10.1. The lowest BCUT2D eigenvalue weighted by Crippen LogP contribution is -2.41. The van der Waals surface area contributed by atoms with Gasteiger partial charge in [0.25, 0.3) is 0 Å². The van der Waals surface area contributed by atoms with Crippen LogP contribution in [0.2, 0.25) is 5.02 Å². The molecular weight excluding hydrogens is 420 g/mol. The number of benzene rings is 2. The molecular formula is C19H21ClN2O6S. The van der Waals surface area contributed by atoms with Crippen molar-refractivity contribution in [3.05, 3.63) is 53.1 Å². The Kier molecular flexibility index (Phi) is 7.60. The molecule has 29 heavy (non-hydrogen) atoms. The molecule has 0 radical (unpaired) electrons. The number of carbonyl (C=O) groups excluding carboxylic acids is 2. The third kappa shape index (κ3) is 5.69. The summed E-state index contributed by atoms with van der Waals surface area (Å²) in [5, 5.41) is 2.66. The Morgan fingerprint density at radius 1 is 1.17 bits per heavy atom. The van der Waals surface area contributed by atoms with Crippen LogP contribution < -0.4 is 14.8 Å². The maximum Gasteiger partial charge on any atom is 0.339 e. The molecule has 2 rings (SSSR count). The molecule has 2 aromatic rings. The van der Waals surface area contributed by atoms with Crippen LogP contribution in [0, 0.1) is 0 Å². The highest BCUT2D eigenvalue weighted by Crippen LogP contribution is 2.27. The van der Waals surface area contributed by atoms with E-state index in [1.54, 1.807) is 19.1 Å². The van der Waals surface area contributed by atoms with Gasteiger partial charge in [-0.25, -0.2) is 13.2 Å². The lowest BCUT2D eigenvalue weighted by Gasteiger charge is -2.16. The Balaban J connectivity index is 2.15. The second-order valence-electron chi connectivity index (χ2n) is 5.89. The van der Waals surface area contributed by atoms with Crippen molar-refractivity contribution in [1.82, 2.24) is 4.72 Å². The number of carbonyl (C=O) groups is 2. The van der Waals surface area contributed by atoms with Gasteiger partial charge in [-0.15, -0.1) is 0 Å². The topological polar surface area (TPSA) is 111 Å². The van der Waals surface area contributed by atoms with E-state index in [0.29, 0.717) is 12.4 Å². The number of anilines is 1. The highest BCUT2D eigenvalue weighted by atomic mass is 35.5. The van der Waals surface area contributed by atoms with Crippen molar-refractivity contribution in [3.63, 3.8) is 0 Å². The molecule has 0 unspecified atom stereocenters. The van der Waals surface area contributed by atoms with Crippen molar-refractivity contribution in [2.24, 2.45) is 0 Å². The summed E-state index contributed by atoms with van der Waals surface area (Å²) in [4.78, 5) is 24.1. The van der Waals surface area contributed by atoms with Crippen LogP contribution in [0.4, 0.5) is 5.69 Å². The fraction of sp³-hybridized carbons (Fsp3) is 0.263. The number of hydrogen-bond donors (Lipinski definition) is 2. The van der Waals surface area contributed by atoms with Gasteiger partial charge in [-0.1, -0.05) is 23.7 Å². The number of para-hydroxylation sites is 1. The Labute approximate surface area is 174 Å². The summed E-state index contributed by atoms with van der Waals surface area (Å²) in [5.41, 5.74) is 0.358. The van der Waals surface area contributed by atoms with Crippen molar-refractivity contribution >= 4 is 39.2 Å². The quantitative estimate of drug-likeness (QED) is 0.610. The number of methoxy groups -OCH3 is 1. The minimum atomic E-state index is -4.02. The van der Waals surface area contributed by atoms with E-state index in [4.69, 9.17) is 16.3 Å². The van der Waals surface area contributed by atoms with Crippen LogP contribution in [0.1, 0.15) is 24.2 Å². The molecule has 0 saturated heterocycles. The first-order valence-corrected chi connectivity index (χ1v) is 10.5. The van der Waals surface area contributed by atoms with Crippen molar-refractivity contribution in [3.8, 4) is 5.75 Å². The summed E-state index contributed by atoms with van der Waals surface area (Å²) in [6.07, 6.45) is 0. The van der Waals surface area contributed by atoms with Crippen LogP contribution >= 0.6 is 11.6 Å². The molecule has 0 aromatic heterocycles. The van der Waals surface area contributed by atoms with Crippen molar-refractivity contribution in [2.45, 2.75) is 24.8 Å². The van der Waals surface area contributed by atoms with Crippen LogP contribution in [0.15, 0.2) is 47.4 Å². The third-order valence-corrected chi connectivity index (χ3v) is 5.66. The highest BCUT2D eigenvalue weighted by Gasteiger charge is 2.24. The molecule has 0 aliphatic heterocycles. The van der Waals surface area contributed by atoms with Gasteiger partial charge in [-0.05, 0) is 44.2 Å². The SMILES string of the molecule is CCOc1ccc(S(=O)(=O)N[C@H](C)C(=O)Nc2ccccc2C(=O)OC)cc1Cl. The van der Waals surface area contributed by atoms with Gasteiger partial charge in [0.15, 0.2) is 0 Å². The highest BCUT2D eigenvalue weighted by molar-refractivity contribution is 7.89. The van der Waals surface area contributed by atoms with E-state index in [9.17, 15) is 18.0 Å². The summed E-state index contributed by atoms with van der Waals surface area (Å²) in [5.74, 6) is -0.918. The van der Waals surface area contributed by atoms with Crippen molar-refractivity contribution < 1.29 is 27.5 Å². The maximum atomic E-state index is 12.6. The number of esters is 1. The molecule has 0 heterocycles. The summed E-state index contributed by atoms with van der Waals surface area (Å²) < 4.78 is 37.4. The lowest BCUT2D eigenvalue weighted by molar-refractivity contribution is -0.117. The number of sulfonamides is 1. The fourth-order valence-electron chi connectivity index (χ4n) is 2.40. The Morgan fingerprint density at radius 3 is 2.48 bits per heavy atom. The van der Waals surface area contributed by atoms with Crippen molar-refractivity contribution in [1.29, 1.82) is 0 Å². The van der Waals surface area contributed by atoms with E-state index in [1.165, 1.54) is 44.4 Å². The molecule has 0 aliphatic carbocycles. The zero-order valence-electron chi connectivity index (χ0n) is 16.1. The summed E-state index contributed by atoms with van der Waals surface area (Å²) in [6.45, 7) is 3.54. The molecule has 0 saturated carbocycles. The molecule has 0 bridgehead atoms. The number of ether oxygens (including phenoxy) is 2. The summed E-state index contributed by atoms with van der Waals surface area (Å²) >= 11 is 6.04. The summed E-state index contributed by atoms with van der Waals surface area (Å²) in [6, 6.07) is 9.12. The van der Waals surface area contributed by atoms with Gasteiger partial charge in [0.05, 0.1) is 40.9 Å². The maximum absolute atomic E-state index is 12.6. The van der Waals surface area contributed by atoms with Crippen LogP contribution in [-0.2, 0) is 19.6 Å². The zero-order chi connectivity index (χ0) is 21.6. The monoisotopic (exact) mass is 440 g/mol. The molecule has 2 N–H and O–H groups in total. The van der Waals surface area contributed by atoms with E-state index in [2.05, 4.69) is 14.8 Å². The van der Waals surface area contributed by atoms with Gasteiger partial charge in [-0.3, -0.25) is 4.79 Å². The smallest absolute Gasteiger partial charge is 0.339 e. The molecule has 10 heteroatoms. The predicted octanol–water partition coefficient (Wildman–Crippen LogP) is 2.83. The fourth-order valence-corrected chi connectivity index (χ4v) is 3.93. The third-order valence-electron chi connectivity index (χ3n) is 3.83. The van der Waals surface area contributed by atoms with E-state index in [0.717, 1.165) is 0 Å². The molecule has 156 valence electrons. The predicted molar refractivity (Wildman–Crippen MR) is 109 cm³/mol. The van der Waals surface area contributed by atoms with Crippen LogP contribution in [-0.4, -0.2) is 40.1 Å². The second kappa shape index (κ2) is 9.73. The van der Waals surface area contributed by atoms with Gasteiger partial charge in [-0.2, -0.15) is 4.72 Å². The Bertz CT molecular complexity index is 1010. The van der Waals surface area contributed by atoms with Gasteiger partial charge < -0.3 is 14.8 Å². The average molecular weight is 441 g/mol. The first-order chi connectivity index (χ1) is 13.7. The zero-order valence-corrected chi connectivity index (χ0v) is 17.6. The standard InChI is InChI=1S/C19H21ClN2O6S/c1-4-28-17-10-9-13(11-15(17)20)29(25,26)22-12(2)18(23)21-16-8-6-5-7-14(16)19(24)27-3/h5-12,22H,4H2,1-3H3,(H,21,23)/t12-/m1/s1. The molecule has 1 atom stereocenters. The van der Waals surface area contributed by atoms with Crippen LogP contribution in [0.3, 0.4) is 0 Å². The van der Waals surface area contributed by atoms with E-state index in [1.807, 2.05) is 0 Å². The number of amides is 1. The molecule has 0 aliphatic rings. The van der Waals surface area contributed by atoms with Gasteiger partial charge in [0.2, 0.25) is 15.9 Å². The van der Waals surface area contributed by atoms with Crippen molar-refractivity contribution in [2.75, 3.05) is 19.0 Å². The molecule has 0 fully saturated rings. The molecule has 2 aromatic carbocycles. The minimum absolute atomic E-state index is 0.111. The van der Waals surface area contributed by atoms with Gasteiger partial charge >= 0.3 is 5.97 Å². The first kappa shape index (κ1) is 22.7. The molecule has 1 amide bonds. The summed E-state index contributed by atoms with van der Waals surface area (Å²) in [7, 11) is -2.80. The Hall–Kier alpha value is -2.62. The number of nitrogens with one attached hydrogen (secondary N) is 2. The first-order valence-electron chi connectivity index (χ1n) is 8.62. The Morgan fingerprint density at radius 2 is 1.86 bits per heavy atom.